The molecular weight excluding hydrogens is 235 g/mol. The number of hydrogen-bond donors (Lipinski definition) is 2. The Morgan fingerprint density at radius 3 is 2.78 bits per heavy atom. The summed E-state index contributed by atoms with van der Waals surface area (Å²) < 4.78 is 12.7. The highest BCUT2D eigenvalue weighted by Crippen LogP contribution is 2.06. The van der Waals surface area contributed by atoms with Gasteiger partial charge in [0.25, 0.3) is 5.91 Å². The van der Waals surface area contributed by atoms with Crippen LogP contribution in [0.4, 0.5) is 4.39 Å². The molecule has 2 N–H and O–H groups in total. The summed E-state index contributed by atoms with van der Waals surface area (Å²) in [6, 6.07) is 6.14. The van der Waals surface area contributed by atoms with Crippen LogP contribution in [0.5, 0.6) is 0 Å². The van der Waals surface area contributed by atoms with Crippen molar-refractivity contribution in [1.29, 1.82) is 0 Å². The Kier molecular flexibility index (Phi) is 3.66. The van der Waals surface area contributed by atoms with Crippen molar-refractivity contribution < 1.29 is 9.18 Å². The predicted molar refractivity (Wildman–Crippen MR) is 63.4 cm³/mol. The molecule has 5 nitrogen and oxygen atoms in total. The van der Waals surface area contributed by atoms with E-state index in [9.17, 15) is 9.18 Å². The summed E-state index contributed by atoms with van der Waals surface area (Å²) in [5.74, 6) is -0.545. The van der Waals surface area contributed by atoms with Crippen LogP contribution in [-0.4, -0.2) is 27.4 Å². The summed E-state index contributed by atoms with van der Waals surface area (Å²) in [5, 5.41) is 12.4. The zero-order chi connectivity index (χ0) is 13.0. The van der Waals surface area contributed by atoms with Crippen molar-refractivity contribution in [2.75, 3.05) is 0 Å². The number of halogens is 1. The van der Waals surface area contributed by atoms with Crippen LogP contribution in [0.3, 0.4) is 0 Å². The molecule has 0 radical (unpaired) electrons. The molecule has 6 heteroatoms. The van der Waals surface area contributed by atoms with Gasteiger partial charge in [-0.15, -0.1) is 0 Å². The van der Waals surface area contributed by atoms with E-state index in [0.29, 0.717) is 6.42 Å². The van der Waals surface area contributed by atoms with Gasteiger partial charge in [0, 0.05) is 6.04 Å². The highest BCUT2D eigenvalue weighted by molar-refractivity contribution is 5.91. The minimum atomic E-state index is -0.279. The highest BCUT2D eigenvalue weighted by Gasteiger charge is 2.12. The lowest BCUT2D eigenvalue weighted by atomic mass is 10.1. The van der Waals surface area contributed by atoms with Crippen LogP contribution in [0.25, 0.3) is 0 Å². The first-order valence-corrected chi connectivity index (χ1v) is 5.56. The summed E-state index contributed by atoms with van der Waals surface area (Å²) in [6.45, 7) is 1.88. The molecule has 1 aromatic heterocycles. The number of carbonyl (C=O) groups is 1. The summed E-state index contributed by atoms with van der Waals surface area (Å²) in [6.07, 6.45) is 1.99. The zero-order valence-electron chi connectivity index (χ0n) is 9.85. The Morgan fingerprint density at radius 1 is 1.44 bits per heavy atom. The molecule has 0 aliphatic carbocycles. The second-order valence-corrected chi connectivity index (χ2v) is 4.06. The number of aromatic amines is 1. The molecule has 1 unspecified atom stereocenters. The van der Waals surface area contributed by atoms with Crippen molar-refractivity contribution in [3.8, 4) is 0 Å². The summed E-state index contributed by atoms with van der Waals surface area (Å²) >= 11 is 0. The van der Waals surface area contributed by atoms with E-state index in [4.69, 9.17) is 0 Å². The van der Waals surface area contributed by atoms with Crippen molar-refractivity contribution in [2.24, 2.45) is 0 Å². The molecule has 0 aliphatic heterocycles. The first-order chi connectivity index (χ1) is 8.65. The Hall–Kier alpha value is -2.24. The van der Waals surface area contributed by atoms with Crippen molar-refractivity contribution in [2.45, 2.75) is 19.4 Å². The van der Waals surface area contributed by atoms with Crippen molar-refractivity contribution in [3.05, 3.63) is 47.5 Å². The Bertz CT molecular complexity index is 509. The molecule has 1 heterocycles. The molecule has 1 aromatic carbocycles. The van der Waals surface area contributed by atoms with E-state index in [1.165, 1.54) is 18.3 Å². The number of benzene rings is 1. The van der Waals surface area contributed by atoms with E-state index in [0.717, 1.165) is 5.56 Å². The third-order valence-electron chi connectivity index (χ3n) is 2.48. The van der Waals surface area contributed by atoms with Gasteiger partial charge in [-0.2, -0.15) is 15.4 Å². The SMILES string of the molecule is CC(Cc1ccc(F)cc1)NC(=O)c1cn[nH]n1. The quantitative estimate of drug-likeness (QED) is 0.856. The molecule has 0 spiro atoms. The Morgan fingerprint density at radius 2 is 2.17 bits per heavy atom. The lowest BCUT2D eigenvalue weighted by Gasteiger charge is -2.12. The third kappa shape index (κ3) is 3.13. The van der Waals surface area contributed by atoms with Gasteiger partial charge in [0.2, 0.25) is 0 Å². The maximum absolute atomic E-state index is 12.7. The van der Waals surface area contributed by atoms with E-state index < -0.39 is 0 Å². The molecule has 1 amide bonds. The lowest BCUT2D eigenvalue weighted by molar-refractivity contribution is 0.0935. The maximum atomic E-state index is 12.7. The number of hydrogen-bond acceptors (Lipinski definition) is 3. The lowest BCUT2D eigenvalue weighted by Crippen LogP contribution is -2.34. The fourth-order valence-electron chi connectivity index (χ4n) is 1.63. The monoisotopic (exact) mass is 248 g/mol. The van der Waals surface area contributed by atoms with E-state index in [2.05, 4.69) is 20.7 Å². The molecule has 1 atom stereocenters. The molecule has 0 aliphatic rings. The zero-order valence-corrected chi connectivity index (χ0v) is 9.85. The summed E-state index contributed by atoms with van der Waals surface area (Å²) in [5.41, 5.74) is 1.21. The van der Waals surface area contributed by atoms with Gasteiger partial charge in [-0.1, -0.05) is 12.1 Å². The van der Waals surface area contributed by atoms with E-state index in [1.807, 2.05) is 6.92 Å². The van der Waals surface area contributed by atoms with Gasteiger partial charge in [0.15, 0.2) is 5.69 Å². The average molecular weight is 248 g/mol. The smallest absolute Gasteiger partial charge is 0.273 e. The number of carbonyl (C=O) groups excluding carboxylic acids is 1. The Balaban J connectivity index is 1.90. The first-order valence-electron chi connectivity index (χ1n) is 5.56. The number of amides is 1. The average Bonchev–Trinajstić information content (AvgIpc) is 2.85. The molecule has 0 saturated carbocycles. The van der Waals surface area contributed by atoms with Gasteiger partial charge in [0.05, 0.1) is 6.20 Å². The highest BCUT2D eigenvalue weighted by atomic mass is 19.1. The Labute approximate surface area is 103 Å². The van der Waals surface area contributed by atoms with Crippen LogP contribution in [-0.2, 0) is 6.42 Å². The topological polar surface area (TPSA) is 70.7 Å². The first kappa shape index (κ1) is 12.2. The van der Waals surface area contributed by atoms with Crippen molar-refractivity contribution in [1.82, 2.24) is 20.7 Å². The number of H-pyrrole nitrogens is 1. The van der Waals surface area contributed by atoms with Gasteiger partial charge < -0.3 is 5.32 Å². The number of aromatic nitrogens is 3. The van der Waals surface area contributed by atoms with Crippen LogP contribution < -0.4 is 5.32 Å². The summed E-state index contributed by atoms with van der Waals surface area (Å²) in [7, 11) is 0. The maximum Gasteiger partial charge on any atom is 0.273 e. The minimum Gasteiger partial charge on any atom is -0.348 e. The van der Waals surface area contributed by atoms with E-state index >= 15 is 0 Å². The third-order valence-corrected chi connectivity index (χ3v) is 2.48. The minimum absolute atomic E-state index is 0.0698. The number of nitrogens with one attached hydrogen (secondary N) is 2. The predicted octanol–water partition coefficient (Wildman–Crippen LogP) is 1.30. The summed E-state index contributed by atoms with van der Waals surface area (Å²) in [4.78, 5) is 11.7. The molecule has 2 rings (SSSR count). The van der Waals surface area contributed by atoms with Crippen molar-refractivity contribution in [3.63, 3.8) is 0 Å². The van der Waals surface area contributed by atoms with Crippen LogP contribution in [0.15, 0.2) is 30.5 Å². The van der Waals surface area contributed by atoms with Gasteiger partial charge >= 0.3 is 0 Å². The fraction of sp³-hybridized carbons (Fsp3) is 0.250. The van der Waals surface area contributed by atoms with Gasteiger partial charge in [-0.25, -0.2) is 4.39 Å². The van der Waals surface area contributed by atoms with Crippen LogP contribution in [0, 0.1) is 5.82 Å². The largest absolute Gasteiger partial charge is 0.348 e. The van der Waals surface area contributed by atoms with Crippen LogP contribution >= 0.6 is 0 Å². The molecule has 0 saturated heterocycles. The van der Waals surface area contributed by atoms with E-state index in [-0.39, 0.29) is 23.5 Å². The fourth-order valence-corrected chi connectivity index (χ4v) is 1.63. The van der Waals surface area contributed by atoms with Gasteiger partial charge in [-0.05, 0) is 31.0 Å². The molecule has 94 valence electrons. The molecular formula is C12H13FN4O. The van der Waals surface area contributed by atoms with Gasteiger partial charge in [0.1, 0.15) is 5.82 Å². The number of rotatable bonds is 4. The molecule has 2 aromatic rings. The molecule has 0 fully saturated rings. The van der Waals surface area contributed by atoms with Crippen molar-refractivity contribution >= 4 is 5.91 Å². The standard InChI is InChI=1S/C12H13FN4O/c1-8(6-9-2-4-10(13)5-3-9)15-12(18)11-7-14-17-16-11/h2-5,7-8H,6H2,1H3,(H,15,18)(H,14,16,17). The number of nitrogens with zero attached hydrogens (tertiary/aromatic N) is 2. The van der Waals surface area contributed by atoms with E-state index in [1.54, 1.807) is 12.1 Å². The van der Waals surface area contributed by atoms with Gasteiger partial charge in [-0.3, -0.25) is 4.79 Å². The molecule has 18 heavy (non-hydrogen) atoms. The van der Waals surface area contributed by atoms with Crippen LogP contribution in [0.2, 0.25) is 0 Å². The second kappa shape index (κ2) is 5.39. The van der Waals surface area contributed by atoms with Crippen LogP contribution in [0.1, 0.15) is 23.0 Å². The normalized spacial score (nSPS) is 12.1. The molecule has 0 bridgehead atoms. The second-order valence-electron chi connectivity index (χ2n) is 4.06.